The summed E-state index contributed by atoms with van der Waals surface area (Å²) in [7, 11) is 0. The molecule has 0 aliphatic heterocycles. The van der Waals surface area contributed by atoms with Crippen molar-refractivity contribution in [1.29, 1.82) is 0 Å². The van der Waals surface area contributed by atoms with Gasteiger partial charge in [0.15, 0.2) is 11.6 Å². The van der Waals surface area contributed by atoms with Crippen LogP contribution in [0.1, 0.15) is 25.8 Å². The van der Waals surface area contributed by atoms with Gasteiger partial charge < -0.3 is 10.2 Å². The molecule has 4 nitrogen and oxygen atoms in total. The Labute approximate surface area is 157 Å². The third kappa shape index (κ3) is 4.51. The molecule has 2 aromatic carbocycles. The van der Waals surface area contributed by atoms with Crippen LogP contribution in [0.5, 0.6) is 0 Å². The lowest BCUT2D eigenvalue weighted by Gasteiger charge is -2.27. The fourth-order valence-corrected chi connectivity index (χ4v) is 3.07. The fraction of sp³-hybridized carbons (Fsp3) is 0.333. The lowest BCUT2D eigenvalue weighted by Crippen LogP contribution is -2.38. The van der Waals surface area contributed by atoms with Gasteiger partial charge in [-0.2, -0.15) is 0 Å². The van der Waals surface area contributed by atoms with Crippen molar-refractivity contribution in [2.24, 2.45) is 11.8 Å². The molecule has 0 aromatic heterocycles. The Kier molecular flexibility index (Phi) is 5.54. The van der Waals surface area contributed by atoms with Gasteiger partial charge in [-0.05, 0) is 38.0 Å². The zero-order valence-electron chi connectivity index (χ0n) is 15.3. The Morgan fingerprint density at radius 2 is 1.78 bits per heavy atom. The van der Waals surface area contributed by atoms with Gasteiger partial charge in [0.2, 0.25) is 11.8 Å². The second-order valence-corrected chi connectivity index (χ2v) is 7.11. The summed E-state index contributed by atoms with van der Waals surface area (Å²) in [5.74, 6) is -3.21. The summed E-state index contributed by atoms with van der Waals surface area (Å²) in [4.78, 5) is 27.0. The van der Waals surface area contributed by atoms with E-state index in [1.54, 1.807) is 4.90 Å². The van der Waals surface area contributed by atoms with E-state index >= 15 is 0 Å². The number of carbonyl (C=O) groups is 2. The Hall–Kier alpha value is -2.76. The monoisotopic (exact) mass is 372 g/mol. The molecule has 27 heavy (non-hydrogen) atoms. The van der Waals surface area contributed by atoms with Gasteiger partial charge in [-0.3, -0.25) is 9.59 Å². The lowest BCUT2D eigenvalue weighted by molar-refractivity contribution is -0.136. The average Bonchev–Trinajstić information content (AvgIpc) is 3.44. The zero-order valence-corrected chi connectivity index (χ0v) is 15.3. The van der Waals surface area contributed by atoms with Crippen molar-refractivity contribution in [3.8, 4) is 0 Å². The quantitative estimate of drug-likeness (QED) is 0.834. The van der Waals surface area contributed by atoms with Crippen LogP contribution in [0.15, 0.2) is 48.5 Å². The summed E-state index contributed by atoms with van der Waals surface area (Å²) in [5.41, 5.74) is 1.21. The molecule has 2 aromatic rings. The van der Waals surface area contributed by atoms with E-state index in [9.17, 15) is 18.4 Å². The maximum Gasteiger partial charge on any atom is 0.228 e. The first-order chi connectivity index (χ1) is 12.9. The molecule has 2 unspecified atom stereocenters. The first-order valence-electron chi connectivity index (χ1n) is 8.97. The minimum Gasteiger partial charge on any atom is -0.336 e. The molecule has 1 fully saturated rings. The molecule has 2 amide bonds. The van der Waals surface area contributed by atoms with Crippen LogP contribution >= 0.6 is 0 Å². The molecule has 1 saturated carbocycles. The van der Waals surface area contributed by atoms with E-state index < -0.39 is 17.6 Å². The minimum atomic E-state index is -1.02. The molecule has 1 N–H and O–H groups in total. The molecule has 6 heteroatoms. The standard InChI is InChI=1S/C21H22F2N2O2/c1-13(2)25(12-14-6-4-3-5-7-14)21(27)17-11-16(17)20(26)24-15-8-9-18(22)19(23)10-15/h3-10,13,16-17H,11-12H2,1-2H3,(H,24,26). The third-order valence-electron chi connectivity index (χ3n) is 4.73. The van der Waals surface area contributed by atoms with Crippen LogP contribution < -0.4 is 5.32 Å². The van der Waals surface area contributed by atoms with Gasteiger partial charge in [0.1, 0.15) is 0 Å². The second kappa shape index (κ2) is 7.86. The van der Waals surface area contributed by atoms with Crippen molar-refractivity contribution in [3.05, 3.63) is 65.7 Å². The summed E-state index contributed by atoms with van der Waals surface area (Å²) in [6.45, 7) is 4.38. The molecule has 0 spiro atoms. The molecule has 0 radical (unpaired) electrons. The molecule has 3 rings (SSSR count). The van der Waals surface area contributed by atoms with E-state index in [4.69, 9.17) is 0 Å². The Morgan fingerprint density at radius 3 is 2.41 bits per heavy atom. The van der Waals surface area contributed by atoms with E-state index in [-0.39, 0.29) is 29.5 Å². The largest absolute Gasteiger partial charge is 0.336 e. The average molecular weight is 372 g/mol. The zero-order chi connectivity index (χ0) is 19.6. The van der Waals surface area contributed by atoms with Crippen LogP contribution in [0.25, 0.3) is 0 Å². The number of carbonyl (C=O) groups excluding carboxylic acids is 2. The van der Waals surface area contributed by atoms with Crippen LogP contribution in [0.3, 0.4) is 0 Å². The summed E-state index contributed by atoms with van der Waals surface area (Å²) in [6.07, 6.45) is 0.465. The Morgan fingerprint density at radius 1 is 1.07 bits per heavy atom. The van der Waals surface area contributed by atoms with E-state index in [0.29, 0.717) is 13.0 Å². The number of halogens is 2. The first-order valence-corrected chi connectivity index (χ1v) is 8.97. The van der Waals surface area contributed by atoms with Gasteiger partial charge in [0.25, 0.3) is 0 Å². The molecule has 0 heterocycles. The third-order valence-corrected chi connectivity index (χ3v) is 4.73. The smallest absolute Gasteiger partial charge is 0.228 e. The normalized spacial score (nSPS) is 18.3. The van der Waals surface area contributed by atoms with Gasteiger partial charge in [0, 0.05) is 24.3 Å². The van der Waals surface area contributed by atoms with Crippen molar-refractivity contribution >= 4 is 17.5 Å². The van der Waals surface area contributed by atoms with Gasteiger partial charge >= 0.3 is 0 Å². The highest BCUT2D eigenvalue weighted by atomic mass is 19.2. The van der Waals surface area contributed by atoms with E-state index in [1.807, 2.05) is 44.2 Å². The number of nitrogens with zero attached hydrogens (tertiary/aromatic N) is 1. The molecule has 142 valence electrons. The number of benzene rings is 2. The van der Waals surface area contributed by atoms with Crippen LogP contribution in [-0.2, 0) is 16.1 Å². The van der Waals surface area contributed by atoms with Crippen LogP contribution in [0, 0.1) is 23.5 Å². The summed E-state index contributed by atoms with van der Waals surface area (Å²) >= 11 is 0. The van der Waals surface area contributed by atoms with Gasteiger partial charge in [0.05, 0.1) is 11.8 Å². The number of rotatable bonds is 6. The predicted molar refractivity (Wildman–Crippen MR) is 98.7 cm³/mol. The first kappa shape index (κ1) is 19.0. The van der Waals surface area contributed by atoms with Crippen LogP contribution in [-0.4, -0.2) is 22.8 Å². The van der Waals surface area contributed by atoms with Gasteiger partial charge in [-0.15, -0.1) is 0 Å². The van der Waals surface area contributed by atoms with Crippen molar-refractivity contribution in [1.82, 2.24) is 4.90 Å². The molecule has 2 atom stereocenters. The maximum atomic E-state index is 13.3. The number of amides is 2. The highest BCUT2D eigenvalue weighted by Gasteiger charge is 2.49. The van der Waals surface area contributed by atoms with Gasteiger partial charge in [-0.25, -0.2) is 8.78 Å². The second-order valence-electron chi connectivity index (χ2n) is 7.11. The van der Waals surface area contributed by atoms with Crippen molar-refractivity contribution < 1.29 is 18.4 Å². The molecular formula is C21H22F2N2O2. The molecule has 0 saturated heterocycles. The number of hydrogen-bond donors (Lipinski definition) is 1. The van der Waals surface area contributed by atoms with E-state index in [0.717, 1.165) is 17.7 Å². The van der Waals surface area contributed by atoms with Crippen molar-refractivity contribution in [3.63, 3.8) is 0 Å². The Bertz CT molecular complexity index is 839. The molecular weight excluding hydrogens is 350 g/mol. The Balaban J connectivity index is 1.62. The number of anilines is 1. The predicted octanol–water partition coefficient (Wildman–Crippen LogP) is 3.98. The minimum absolute atomic E-state index is 0.00760. The van der Waals surface area contributed by atoms with E-state index in [2.05, 4.69) is 5.32 Å². The fourth-order valence-electron chi connectivity index (χ4n) is 3.07. The number of nitrogens with one attached hydrogen (secondary N) is 1. The van der Waals surface area contributed by atoms with Crippen molar-refractivity contribution in [2.75, 3.05) is 5.32 Å². The topological polar surface area (TPSA) is 49.4 Å². The highest BCUT2D eigenvalue weighted by molar-refractivity contribution is 5.99. The van der Waals surface area contributed by atoms with Crippen molar-refractivity contribution in [2.45, 2.75) is 32.9 Å². The SMILES string of the molecule is CC(C)N(Cc1ccccc1)C(=O)C1CC1C(=O)Nc1ccc(F)c(F)c1. The van der Waals surface area contributed by atoms with Gasteiger partial charge in [-0.1, -0.05) is 30.3 Å². The van der Waals surface area contributed by atoms with E-state index in [1.165, 1.54) is 6.07 Å². The number of hydrogen-bond acceptors (Lipinski definition) is 2. The lowest BCUT2D eigenvalue weighted by atomic mass is 10.1. The summed E-state index contributed by atoms with van der Waals surface area (Å²) < 4.78 is 26.2. The maximum absolute atomic E-state index is 13.3. The summed E-state index contributed by atoms with van der Waals surface area (Å²) in [5, 5.41) is 2.56. The molecule has 0 bridgehead atoms. The van der Waals surface area contributed by atoms with Crippen LogP contribution in [0.4, 0.5) is 14.5 Å². The molecule has 1 aliphatic carbocycles. The molecule has 1 aliphatic rings. The summed E-state index contributed by atoms with van der Waals surface area (Å²) in [6, 6.07) is 12.9. The highest BCUT2D eigenvalue weighted by Crippen LogP contribution is 2.41. The van der Waals surface area contributed by atoms with Crippen LogP contribution in [0.2, 0.25) is 0 Å².